The number of furan rings is 1. The Morgan fingerprint density at radius 2 is 2.33 bits per heavy atom. The molecule has 1 heterocycles. The van der Waals surface area contributed by atoms with Crippen molar-refractivity contribution in [2.45, 2.75) is 31.5 Å². The highest BCUT2D eigenvalue weighted by atomic mass is 79.9. The lowest BCUT2D eigenvalue weighted by Gasteiger charge is -2.08. The molecule has 0 bridgehead atoms. The molecule has 0 aliphatic carbocycles. The van der Waals surface area contributed by atoms with Crippen molar-refractivity contribution in [3.63, 3.8) is 0 Å². The summed E-state index contributed by atoms with van der Waals surface area (Å²) >= 11 is 3.50. The lowest BCUT2D eigenvalue weighted by atomic mass is 10.2. The first-order valence-corrected chi connectivity index (χ1v) is 6.03. The molecule has 0 spiro atoms. The molecule has 0 saturated carbocycles. The van der Waals surface area contributed by atoms with Crippen LogP contribution in [0.25, 0.3) is 0 Å². The Bertz CT molecular complexity index is 322. The number of carbonyl (C=O) groups is 1. The van der Waals surface area contributed by atoms with Crippen LogP contribution in [-0.4, -0.2) is 17.3 Å². The van der Waals surface area contributed by atoms with Gasteiger partial charge in [0.25, 0.3) is 5.91 Å². The quantitative estimate of drug-likeness (QED) is 0.839. The third-order valence-corrected chi connectivity index (χ3v) is 2.83. The van der Waals surface area contributed by atoms with Crippen LogP contribution in [0.2, 0.25) is 0 Å². The smallest absolute Gasteiger partial charge is 0.287 e. The van der Waals surface area contributed by atoms with E-state index in [1.54, 1.807) is 12.1 Å². The predicted octanol–water partition coefficient (Wildman–Crippen LogP) is 2.88. The molecule has 0 aliphatic rings. The SMILES string of the molecule is CCCC(Br)CNC(=O)c1ccc(C)o1. The van der Waals surface area contributed by atoms with E-state index in [0.717, 1.165) is 18.6 Å². The second kappa shape index (κ2) is 5.95. The van der Waals surface area contributed by atoms with E-state index < -0.39 is 0 Å². The van der Waals surface area contributed by atoms with Crippen LogP contribution in [0.1, 0.15) is 36.1 Å². The van der Waals surface area contributed by atoms with Crippen molar-refractivity contribution in [2.24, 2.45) is 0 Å². The molecular weight excluding hydrogens is 258 g/mol. The van der Waals surface area contributed by atoms with Gasteiger partial charge < -0.3 is 9.73 Å². The summed E-state index contributed by atoms with van der Waals surface area (Å²) < 4.78 is 5.21. The van der Waals surface area contributed by atoms with Crippen molar-refractivity contribution in [1.82, 2.24) is 5.32 Å². The summed E-state index contributed by atoms with van der Waals surface area (Å²) in [6.07, 6.45) is 2.16. The van der Waals surface area contributed by atoms with Gasteiger partial charge in [-0.15, -0.1) is 0 Å². The summed E-state index contributed by atoms with van der Waals surface area (Å²) in [5.74, 6) is 0.983. The fourth-order valence-corrected chi connectivity index (χ4v) is 1.88. The molecule has 1 aromatic heterocycles. The molecule has 0 fully saturated rings. The molecule has 0 aromatic carbocycles. The maximum Gasteiger partial charge on any atom is 0.287 e. The maximum absolute atomic E-state index is 11.5. The van der Waals surface area contributed by atoms with Gasteiger partial charge in [-0.1, -0.05) is 29.3 Å². The molecule has 1 amide bonds. The average molecular weight is 274 g/mol. The van der Waals surface area contributed by atoms with Gasteiger partial charge in [-0.05, 0) is 25.5 Å². The van der Waals surface area contributed by atoms with E-state index in [4.69, 9.17) is 4.42 Å². The van der Waals surface area contributed by atoms with E-state index in [9.17, 15) is 4.79 Å². The van der Waals surface area contributed by atoms with Crippen LogP contribution in [0.15, 0.2) is 16.5 Å². The molecule has 0 saturated heterocycles. The molecule has 15 heavy (non-hydrogen) atoms. The molecule has 1 unspecified atom stereocenters. The summed E-state index contributed by atoms with van der Waals surface area (Å²) in [6, 6.07) is 3.47. The van der Waals surface area contributed by atoms with Crippen molar-refractivity contribution in [1.29, 1.82) is 0 Å². The van der Waals surface area contributed by atoms with Gasteiger partial charge in [0.2, 0.25) is 0 Å². The van der Waals surface area contributed by atoms with Gasteiger partial charge in [0, 0.05) is 11.4 Å². The van der Waals surface area contributed by atoms with Crippen LogP contribution < -0.4 is 5.32 Å². The third-order valence-electron chi connectivity index (χ3n) is 2.05. The van der Waals surface area contributed by atoms with Gasteiger partial charge >= 0.3 is 0 Å². The number of hydrogen-bond donors (Lipinski definition) is 1. The first-order valence-electron chi connectivity index (χ1n) is 5.12. The first-order chi connectivity index (χ1) is 7.13. The zero-order valence-electron chi connectivity index (χ0n) is 9.05. The van der Waals surface area contributed by atoms with Crippen LogP contribution >= 0.6 is 15.9 Å². The lowest BCUT2D eigenvalue weighted by molar-refractivity contribution is 0.0924. The standard InChI is InChI=1S/C11H16BrNO2/c1-3-4-9(12)7-13-11(14)10-6-5-8(2)15-10/h5-6,9H,3-4,7H2,1-2H3,(H,13,14). The number of amides is 1. The number of aryl methyl sites for hydroxylation is 1. The Morgan fingerprint density at radius 1 is 1.60 bits per heavy atom. The summed E-state index contributed by atoms with van der Waals surface area (Å²) in [5.41, 5.74) is 0. The molecular formula is C11H16BrNO2. The summed E-state index contributed by atoms with van der Waals surface area (Å²) in [4.78, 5) is 11.9. The van der Waals surface area contributed by atoms with Gasteiger partial charge in [0.1, 0.15) is 5.76 Å². The highest BCUT2D eigenvalue weighted by molar-refractivity contribution is 9.09. The molecule has 4 heteroatoms. The molecule has 1 atom stereocenters. The van der Waals surface area contributed by atoms with E-state index in [2.05, 4.69) is 28.2 Å². The van der Waals surface area contributed by atoms with Crippen LogP contribution in [0.4, 0.5) is 0 Å². The molecule has 0 aliphatic heterocycles. The van der Waals surface area contributed by atoms with Gasteiger partial charge in [-0.3, -0.25) is 4.79 Å². The largest absolute Gasteiger partial charge is 0.456 e. The van der Waals surface area contributed by atoms with Crippen molar-refractivity contribution in [3.05, 3.63) is 23.7 Å². The minimum atomic E-state index is -0.149. The van der Waals surface area contributed by atoms with Gasteiger partial charge in [0.05, 0.1) is 0 Å². The van der Waals surface area contributed by atoms with E-state index in [1.807, 2.05) is 6.92 Å². The maximum atomic E-state index is 11.5. The lowest BCUT2D eigenvalue weighted by Crippen LogP contribution is -2.29. The van der Waals surface area contributed by atoms with Crippen LogP contribution in [0.5, 0.6) is 0 Å². The minimum Gasteiger partial charge on any atom is -0.456 e. The minimum absolute atomic E-state index is 0.149. The van der Waals surface area contributed by atoms with Crippen molar-refractivity contribution >= 4 is 21.8 Å². The molecule has 84 valence electrons. The normalized spacial score (nSPS) is 12.5. The molecule has 1 N–H and O–H groups in total. The predicted molar refractivity (Wildman–Crippen MR) is 63.4 cm³/mol. The topological polar surface area (TPSA) is 42.2 Å². The molecule has 1 rings (SSSR count). The Kier molecular flexibility index (Phi) is 4.88. The van der Waals surface area contributed by atoms with E-state index >= 15 is 0 Å². The second-order valence-corrected chi connectivity index (χ2v) is 4.80. The molecule has 3 nitrogen and oxygen atoms in total. The molecule has 0 radical (unpaired) electrons. The van der Waals surface area contributed by atoms with Crippen LogP contribution in [0.3, 0.4) is 0 Å². The number of nitrogens with one attached hydrogen (secondary N) is 1. The number of alkyl halides is 1. The summed E-state index contributed by atoms with van der Waals surface area (Å²) in [5, 5.41) is 2.82. The number of hydrogen-bond acceptors (Lipinski definition) is 2. The van der Waals surface area contributed by atoms with Gasteiger partial charge in [-0.25, -0.2) is 0 Å². The Balaban J connectivity index is 2.36. The Hall–Kier alpha value is -0.770. The van der Waals surface area contributed by atoms with E-state index in [1.165, 1.54) is 0 Å². The van der Waals surface area contributed by atoms with Crippen molar-refractivity contribution in [3.8, 4) is 0 Å². The third kappa shape index (κ3) is 4.08. The van der Waals surface area contributed by atoms with E-state index in [0.29, 0.717) is 17.1 Å². The Morgan fingerprint density at radius 3 is 2.87 bits per heavy atom. The monoisotopic (exact) mass is 273 g/mol. The summed E-state index contributed by atoms with van der Waals surface area (Å²) in [7, 11) is 0. The second-order valence-electron chi connectivity index (χ2n) is 3.51. The highest BCUT2D eigenvalue weighted by Gasteiger charge is 2.11. The number of carbonyl (C=O) groups excluding carboxylic acids is 1. The van der Waals surface area contributed by atoms with Crippen LogP contribution in [0, 0.1) is 6.92 Å². The highest BCUT2D eigenvalue weighted by Crippen LogP contribution is 2.08. The fraction of sp³-hybridized carbons (Fsp3) is 0.545. The number of halogens is 1. The molecule has 1 aromatic rings. The first kappa shape index (κ1) is 12.3. The fourth-order valence-electron chi connectivity index (χ4n) is 1.26. The summed E-state index contributed by atoms with van der Waals surface area (Å²) in [6.45, 7) is 4.57. The average Bonchev–Trinajstić information content (AvgIpc) is 2.62. The number of rotatable bonds is 5. The Labute approximate surface area is 98.4 Å². The van der Waals surface area contributed by atoms with Crippen molar-refractivity contribution < 1.29 is 9.21 Å². The zero-order valence-corrected chi connectivity index (χ0v) is 10.6. The zero-order chi connectivity index (χ0) is 11.3. The van der Waals surface area contributed by atoms with E-state index in [-0.39, 0.29) is 5.91 Å². The van der Waals surface area contributed by atoms with Gasteiger partial charge in [-0.2, -0.15) is 0 Å². The van der Waals surface area contributed by atoms with Gasteiger partial charge in [0.15, 0.2) is 5.76 Å². The van der Waals surface area contributed by atoms with Crippen LogP contribution in [-0.2, 0) is 0 Å². The van der Waals surface area contributed by atoms with Crippen molar-refractivity contribution in [2.75, 3.05) is 6.54 Å².